The molecule has 0 N–H and O–H groups in total. The second-order valence-corrected chi connectivity index (χ2v) is 6.50. The number of nitrogens with zero attached hydrogens (tertiary/aromatic N) is 7. The second-order valence-electron chi connectivity index (χ2n) is 5.59. The molecule has 0 spiro atoms. The van der Waals surface area contributed by atoms with Crippen LogP contribution < -0.4 is 4.90 Å². The van der Waals surface area contributed by atoms with Gasteiger partial charge in [-0.15, -0.1) is 11.3 Å². The lowest BCUT2D eigenvalue weighted by Gasteiger charge is -2.35. The molecule has 0 saturated carbocycles. The molecule has 120 valence electrons. The average Bonchev–Trinajstić information content (AvgIpc) is 3.24. The Hall–Kier alpha value is -2.06. The standard InChI is InChI=1S/C15H19N7S/c1-2-22-13(17-11-19-22)9-20-4-6-21(7-5-20)15-14-12(3-8-23-14)16-10-18-15/h3,8,10-11H,2,4-7,9H2,1H3. The lowest BCUT2D eigenvalue weighted by atomic mass is 10.3. The first-order valence-corrected chi connectivity index (χ1v) is 8.75. The van der Waals surface area contributed by atoms with Crippen molar-refractivity contribution in [3.8, 4) is 0 Å². The third kappa shape index (κ3) is 2.79. The minimum Gasteiger partial charge on any atom is -0.353 e. The van der Waals surface area contributed by atoms with Crippen LogP contribution in [0.3, 0.4) is 0 Å². The zero-order valence-electron chi connectivity index (χ0n) is 13.1. The van der Waals surface area contributed by atoms with E-state index in [-0.39, 0.29) is 0 Å². The van der Waals surface area contributed by atoms with Gasteiger partial charge in [-0.25, -0.2) is 19.6 Å². The summed E-state index contributed by atoms with van der Waals surface area (Å²) in [4.78, 5) is 18.0. The number of anilines is 1. The molecule has 1 aliphatic rings. The molecule has 1 saturated heterocycles. The Balaban J connectivity index is 1.44. The maximum atomic E-state index is 4.51. The average molecular weight is 329 g/mol. The van der Waals surface area contributed by atoms with Gasteiger partial charge >= 0.3 is 0 Å². The summed E-state index contributed by atoms with van der Waals surface area (Å²) < 4.78 is 3.15. The molecule has 1 aliphatic heterocycles. The van der Waals surface area contributed by atoms with Crippen LogP contribution in [0, 0.1) is 0 Å². The van der Waals surface area contributed by atoms with Crippen LogP contribution in [0.1, 0.15) is 12.7 Å². The number of hydrogen-bond acceptors (Lipinski definition) is 7. The van der Waals surface area contributed by atoms with Crippen molar-refractivity contribution in [2.24, 2.45) is 0 Å². The van der Waals surface area contributed by atoms with E-state index >= 15 is 0 Å². The molecule has 3 aromatic heterocycles. The molecule has 0 radical (unpaired) electrons. The number of rotatable bonds is 4. The van der Waals surface area contributed by atoms with Gasteiger partial charge in [0.05, 0.1) is 16.8 Å². The van der Waals surface area contributed by atoms with E-state index in [1.54, 1.807) is 24.0 Å². The number of thiophene rings is 1. The monoisotopic (exact) mass is 329 g/mol. The van der Waals surface area contributed by atoms with Crippen LogP contribution in [-0.4, -0.2) is 55.8 Å². The van der Waals surface area contributed by atoms with E-state index in [4.69, 9.17) is 0 Å². The van der Waals surface area contributed by atoms with Crippen molar-refractivity contribution in [2.75, 3.05) is 31.1 Å². The Labute approximate surface area is 138 Å². The number of piperazine rings is 1. The van der Waals surface area contributed by atoms with Crippen molar-refractivity contribution in [1.29, 1.82) is 0 Å². The zero-order valence-corrected chi connectivity index (χ0v) is 13.9. The van der Waals surface area contributed by atoms with E-state index in [0.717, 1.165) is 56.4 Å². The molecule has 0 aromatic carbocycles. The molecular weight excluding hydrogens is 310 g/mol. The smallest absolute Gasteiger partial charge is 0.150 e. The van der Waals surface area contributed by atoms with Crippen LogP contribution in [0.25, 0.3) is 10.2 Å². The van der Waals surface area contributed by atoms with Gasteiger partial charge in [0.2, 0.25) is 0 Å². The maximum absolute atomic E-state index is 4.51. The molecular formula is C15H19N7S. The molecule has 7 nitrogen and oxygen atoms in total. The largest absolute Gasteiger partial charge is 0.353 e. The lowest BCUT2D eigenvalue weighted by molar-refractivity contribution is 0.239. The van der Waals surface area contributed by atoms with E-state index in [1.807, 2.05) is 4.68 Å². The van der Waals surface area contributed by atoms with Crippen LogP contribution >= 0.6 is 11.3 Å². The fraction of sp³-hybridized carbons (Fsp3) is 0.467. The van der Waals surface area contributed by atoms with E-state index in [9.17, 15) is 0 Å². The van der Waals surface area contributed by atoms with Crippen molar-refractivity contribution in [2.45, 2.75) is 20.0 Å². The van der Waals surface area contributed by atoms with Gasteiger partial charge in [0, 0.05) is 32.7 Å². The minimum atomic E-state index is 0.861. The van der Waals surface area contributed by atoms with Gasteiger partial charge in [-0.3, -0.25) is 4.90 Å². The van der Waals surface area contributed by atoms with Gasteiger partial charge in [0.25, 0.3) is 0 Å². The molecule has 3 aromatic rings. The van der Waals surface area contributed by atoms with Crippen LogP contribution in [0.15, 0.2) is 24.1 Å². The summed E-state index contributed by atoms with van der Waals surface area (Å²) in [5, 5.41) is 6.32. The Morgan fingerprint density at radius 3 is 2.78 bits per heavy atom. The van der Waals surface area contributed by atoms with Crippen LogP contribution in [-0.2, 0) is 13.1 Å². The van der Waals surface area contributed by atoms with Gasteiger partial charge in [0.1, 0.15) is 24.3 Å². The van der Waals surface area contributed by atoms with Crippen molar-refractivity contribution in [1.82, 2.24) is 29.6 Å². The summed E-state index contributed by atoms with van der Waals surface area (Å²) in [6.07, 6.45) is 3.31. The predicted molar refractivity (Wildman–Crippen MR) is 90.6 cm³/mol. The number of aromatic nitrogens is 5. The molecule has 23 heavy (non-hydrogen) atoms. The van der Waals surface area contributed by atoms with Crippen LogP contribution in [0.4, 0.5) is 5.82 Å². The molecule has 0 atom stereocenters. The highest BCUT2D eigenvalue weighted by Crippen LogP contribution is 2.28. The molecule has 0 amide bonds. The van der Waals surface area contributed by atoms with Crippen LogP contribution in [0.2, 0.25) is 0 Å². The number of fused-ring (bicyclic) bond motifs is 1. The molecule has 0 bridgehead atoms. The van der Waals surface area contributed by atoms with Crippen molar-refractivity contribution < 1.29 is 0 Å². The molecule has 4 heterocycles. The zero-order chi connectivity index (χ0) is 15.6. The summed E-state index contributed by atoms with van der Waals surface area (Å²) in [6.45, 7) is 7.79. The normalized spacial score (nSPS) is 16.3. The Morgan fingerprint density at radius 1 is 1.09 bits per heavy atom. The van der Waals surface area contributed by atoms with Crippen LogP contribution in [0.5, 0.6) is 0 Å². The second kappa shape index (κ2) is 6.21. The first kappa shape index (κ1) is 14.5. The SMILES string of the molecule is CCn1ncnc1CN1CCN(c2ncnc3ccsc23)CC1. The Bertz CT molecular complexity index is 788. The first-order valence-electron chi connectivity index (χ1n) is 7.87. The quantitative estimate of drug-likeness (QED) is 0.725. The summed E-state index contributed by atoms with van der Waals surface area (Å²) >= 11 is 1.72. The van der Waals surface area contributed by atoms with Gasteiger partial charge in [-0.05, 0) is 18.4 Å². The minimum absolute atomic E-state index is 0.861. The predicted octanol–water partition coefficient (Wildman–Crippen LogP) is 1.62. The fourth-order valence-electron chi connectivity index (χ4n) is 2.99. The summed E-state index contributed by atoms with van der Waals surface area (Å²) in [5.74, 6) is 2.12. The van der Waals surface area contributed by atoms with Crippen molar-refractivity contribution >= 4 is 27.4 Å². The van der Waals surface area contributed by atoms with Gasteiger partial charge in [0.15, 0.2) is 0 Å². The van der Waals surface area contributed by atoms with Gasteiger partial charge < -0.3 is 4.90 Å². The van der Waals surface area contributed by atoms with E-state index in [0.29, 0.717) is 0 Å². The highest BCUT2D eigenvalue weighted by molar-refractivity contribution is 7.17. The summed E-state index contributed by atoms with van der Waals surface area (Å²) in [6, 6.07) is 2.05. The Kier molecular flexibility index (Phi) is 3.92. The third-order valence-corrected chi connectivity index (χ3v) is 5.16. The third-order valence-electron chi connectivity index (χ3n) is 4.26. The van der Waals surface area contributed by atoms with E-state index in [1.165, 1.54) is 4.70 Å². The topological polar surface area (TPSA) is 63.0 Å². The van der Waals surface area contributed by atoms with E-state index in [2.05, 4.69) is 48.2 Å². The van der Waals surface area contributed by atoms with E-state index < -0.39 is 0 Å². The first-order chi connectivity index (χ1) is 11.3. The van der Waals surface area contributed by atoms with Crippen molar-refractivity contribution in [3.63, 3.8) is 0 Å². The van der Waals surface area contributed by atoms with Gasteiger partial charge in [-0.2, -0.15) is 5.10 Å². The van der Waals surface area contributed by atoms with Gasteiger partial charge in [-0.1, -0.05) is 0 Å². The molecule has 8 heteroatoms. The summed E-state index contributed by atoms with van der Waals surface area (Å²) in [7, 11) is 0. The number of aryl methyl sites for hydroxylation is 1. The molecule has 0 aliphatic carbocycles. The fourth-order valence-corrected chi connectivity index (χ4v) is 3.86. The molecule has 4 rings (SSSR count). The molecule has 0 unspecified atom stereocenters. The molecule has 1 fully saturated rings. The summed E-state index contributed by atoms with van der Waals surface area (Å²) in [5.41, 5.74) is 1.04. The highest BCUT2D eigenvalue weighted by atomic mass is 32.1. The highest BCUT2D eigenvalue weighted by Gasteiger charge is 2.21. The number of hydrogen-bond donors (Lipinski definition) is 0. The lowest BCUT2D eigenvalue weighted by Crippen LogP contribution is -2.46. The maximum Gasteiger partial charge on any atom is 0.150 e. The van der Waals surface area contributed by atoms with Crippen molar-refractivity contribution in [3.05, 3.63) is 29.9 Å². The Morgan fingerprint density at radius 2 is 1.96 bits per heavy atom.